The second-order valence-corrected chi connectivity index (χ2v) is 3.79. The van der Waals surface area contributed by atoms with E-state index in [9.17, 15) is 10.2 Å². The molecule has 0 amide bonds. The summed E-state index contributed by atoms with van der Waals surface area (Å²) < 4.78 is 0. The molecule has 2 atom stereocenters. The van der Waals surface area contributed by atoms with Crippen molar-refractivity contribution in [1.82, 2.24) is 4.98 Å². The second kappa shape index (κ2) is 4.53. The summed E-state index contributed by atoms with van der Waals surface area (Å²) >= 11 is 0. The molecule has 3 heteroatoms. The van der Waals surface area contributed by atoms with E-state index in [0.717, 1.165) is 5.56 Å². The summed E-state index contributed by atoms with van der Waals surface area (Å²) in [6.45, 7) is 3.51. The molecule has 0 radical (unpaired) electrons. The Morgan fingerprint density at radius 2 is 2.00 bits per heavy atom. The predicted molar refractivity (Wildman–Crippen MR) is 54.9 cm³/mol. The molecule has 0 spiro atoms. The molecule has 0 aliphatic carbocycles. The molecule has 1 aromatic rings. The fraction of sp³-hybridized carbons (Fsp3) is 0.545. The largest absolute Gasteiger partial charge is 0.390 e. The number of aliphatic hydroxyl groups excluding tert-OH is 1. The van der Waals surface area contributed by atoms with Crippen LogP contribution in [0, 0.1) is 0 Å². The van der Waals surface area contributed by atoms with Crippen LogP contribution >= 0.6 is 0 Å². The van der Waals surface area contributed by atoms with Gasteiger partial charge in [-0.15, -0.1) is 0 Å². The third-order valence-corrected chi connectivity index (χ3v) is 2.61. The lowest BCUT2D eigenvalue weighted by atomic mass is 9.91. The monoisotopic (exact) mass is 195 g/mol. The lowest BCUT2D eigenvalue weighted by molar-refractivity contribution is -0.0629. The van der Waals surface area contributed by atoms with Crippen LogP contribution in [0.1, 0.15) is 25.8 Å². The van der Waals surface area contributed by atoms with Gasteiger partial charge in [0.05, 0.1) is 11.7 Å². The summed E-state index contributed by atoms with van der Waals surface area (Å²) in [7, 11) is 0. The van der Waals surface area contributed by atoms with E-state index in [1.54, 1.807) is 19.3 Å². The van der Waals surface area contributed by atoms with Gasteiger partial charge in [-0.3, -0.25) is 4.98 Å². The highest BCUT2D eigenvalue weighted by Gasteiger charge is 2.27. The normalized spacial score (nSPS) is 17.4. The van der Waals surface area contributed by atoms with Crippen molar-refractivity contribution in [1.29, 1.82) is 0 Å². The Bertz CT molecular complexity index is 272. The molecule has 0 aliphatic rings. The first-order valence-electron chi connectivity index (χ1n) is 4.85. The summed E-state index contributed by atoms with van der Waals surface area (Å²) in [4.78, 5) is 3.89. The predicted octanol–water partition coefficient (Wildman–Crippen LogP) is 1.15. The van der Waals surface area contributed by atoms with Crippen molar-refractivity contribution in [3.05, 3.63) is 30.1 Å². The van der Waals surface area contributed by atoms with Crippen LogP contribution in [0.2, 0.25) is 0 Å². The average molecular weight is 195 g/mol. The third-order valence-electron chi connectivity index (χ3n) is 2.61. The molecular formula is C11H17NO2. The first kappa shape index (κ1) is 11.1. The van der Waals surface area contributed by atoms with Crippen molar-refractivity contribution in [2.75, 3.05) is 0 Å². The van der Waals surface area contributed by atoms with Crippen LogP contribution in [-0.2, 0) is 6.42 Å². The van der Waals surface area contributed by atoms with E-state index in [2.05, 4.69) is 4.98 Å². The summed E-state index contributed by atoms with van der Waals surface area (Å²) in [5, 5.41) is 19.5. The molecule has 1 heterocycles. The van der Waals surface area contributed by atoms with Gasteiger partial charge in [0.25, 0.3) is 0 Å². The smallest absolute Gasteiger partial charge is 0.0878 e. The van der Waals surface area contributed by atoms with E-state index in [1.807, 2.05) is 19.1 Å². The van der Waals surface area contributed by atoms with Crippen LogP contribution in [0.5, 0.6) is 0 Å². The van der Waals surface area contributed by atoms with Gasteiger partial charge in [0.2, 0.25) is 0 Å². The topological polar surface area (TPSA) is 53.4 Å². The standard InChI is InChI=1S/C11H17NO2/c1-3-11(2,14)10(13)8-9-4-6-12-7-5-9/h4-7,10,13-14H,3,8H2,1-2H3. The average Bonchev–Trinajstić information content (AvgIpc) is 2.19. The number of nitrogens with zero attached hydrogens (tertiary/aromatic N) is 1. The van der Waals surface area contributed by atoms with E-state index in [0.29, 0.717) is 12.8 Å². The van der Waals surface area contributed by atoms with Gasteiger partial charge in [-0.25, -0.2) is 0 Å². The maximum atomic E-state index is 9.79. The number of aromatic nitrogens is 1. The Labute approximate surface area is 84.4 Å². The van der Waals surface area contributed by atoms with E-state index in [4.69, 9.17) is 0 Å². The minimum atomic E-state index is -1.01. The SMILES string of the molecule is CCC(C)(O)C(O)Cc1ccncc1. The highest BCUT2D eigenvalue weighted by atomic mass is 16.3. The van der Waals surface area contributed by atoms with Gasteiger partial charge in [-0.05, 0) is 31.0 Å². The molecule has 0 saturated heterocycles. The fourth-order valence-electron chi connectivity index (χ4n) is 1.20. The summed E-state index contributed by atoms with van der Waals surface area (Å²) in [5.41, 5.74) is -0.0234. The Kier molecular flexibility index (Phi) is 3.61. The van der Waals surface area contributed by atoms with Gasteiger partial charge in [-0.2, -0.15) is 0 Å². The molecule has 0 bridgehead atoms. The fourth-order valence-corrected chi connectivity index (χ4v) is 1.20. The molecule has 1 aromatic heterocycles. The number of rotatable bonds is 4. The highest BCUT2D eigenvalue weighted by molar-refractivity contribution is 5.11. The van der Waals surface area contributed by atoms with Crippen molar-refractivity contribution in [3.8, 4) is 0 Å². The maximum absolute atomic E-state index is 9.79. The highest BCUT2D eigenvalue weighted by Crippen LogP contribution is 2.17. The zero-order valence-electron chi connectivity index (χ0n) is 8.64. The van der Waals surface area contributed by atoms with Crippen LogP contribution in [0.25, 0.3) is 0 Å². The molecule has 0 fully saturated rings. The first-order chi connectivity index (χ1) is 6.56. The van der Waals surface area contributed by atoms with E-state index < -0.39 is 11.7 Å². The number of hydrogen-bond donors (Lipinski definition) is 2. The van der Waals surface area contributed by atoms with Crippen molar-refractivity contribution in [2.45, 2.75) is 38.4 Å². The van der Waals surface area contributed by atoms with Gasteiger partial charge >= 0.3 is 0 Å². The maximum Gasteiger partial charge on any atom is 0.0878 e. The zero-order valence-corrected chi connectivity index (χ0v) is 8.64. The van der Waals surface area contributed by atoms with Crippen LogP contribution in [0.15, 0.2) is 24.5 Å². The lowest BCUT2D eigenvalue weighted by Gasteiger charge is -2.27. The first-order valence-corrected chi connectivity index (χ1v) is 4.85. The Morgan fingerprint density at radius 3 is 2.50 bits per heavy atom. The minimum Gasteiger partial charge on any atom is -0.390 e. The van der Waals surface area contributed by atoms with Gasteiger partial charge in [0.1, 0.15) is 0 Å². The van der Waals surface area contributed by atoms with Gasteiger partial charge in [0, 0.05) is 18.8 Å². The van der Waals surface area contributed by atoms with Crippen molar-refractivity contribution in [2.24, 2.45) is 0 Å². The Balaban J connectivity index is 2.62. The van der Waals surface area contributed by atoms with E-state index in [-0.39, 0.29) is 0 Å². The molecule has 2 unspecified atom stereocenters. The molecule has 0 saturated carbocycles. The number of pyridine rings is 1. The lowest BCUT2D eigenvalue weighted by Crippen LogP contribution is -2.39. The van der Waals surface area contributed by atoms with E-state index in [1.165, 1.54) is 0 Å². The summed E-state index contributed by atoms with van der Waals surface area (Å²) in [6.07, 6.45) is 3.64. The third kappa shape index (κ3) is 2.79. The molecular weight excluding hydrogens is 178 g/mol. The number of aliphatic hydroxyl groups is 2. The molecule has 3 nitrogen and oxygen atoms in total. The molecule has 0 aromatic carbocycles. The molecule has 2 N–H and O–H groups in total. The van der Waals surface area contributed by atoms with Gasteiger partial charge < -0.3 is 10.2 Å². The molecule has 0 aliphatic heterocycles. The van der Waals surface area contributed by atoms with Crippen molar-refractivity contribution in [3.63, 3.8) is 0 Å². The van der Waals surface area contributed by atoms with Crippen LogP contribution in [0.3, 0.4) is 0 Å². The zero-order chi connectivity index (χ0) is 10.6. The molecule has 78 valence electrons. The Hall–Kier alpha value is -0.930. The quantitative estimate of drug-likeness (QED) is 0.757. The summed E-state index contributed by atoms with van der Waals surface area (Å²) in [5.74, 6) is 0. The van der Waals surface area contributed by atoms with Gasteiger partial charge in [-0.1, -0.05) is 6.92 Å². The number of hydrogen-bond acceptors (Lipinski definition) is 3. The minimum absolute atomic E-state index is 0.462. The van der Waals surface area contributed by atoms with E-state index >= 15 is 0 Å². The van der Waals surface area contributed by atoms with Crippen LogP contribution in [0.4, 0.5) is 0 Å². The van der Waals surface area contributed by atoms with Crippen molar-refractivity contribution >= 4 is 0 Å². The van der Waals surface area contributed by atoms with Gasteiger partial charge in [0.15, 0.2) is 0 Å². The van der Waals surface area contributed by atoms with Crippen LogP contribution in [-0.4, -0.2) is 26.9 Å². The molecule has 14 heavy (non-hydrogen) atoms. The Morgan fingerprint density at radius 1 is 1.43 bits per heavy atom. The summed E-state index contributed by atoms with van der Waals surface area (Å²) in [6, 6.07) is 3.68. The van der Waals surface area contributed by atoms with Crippen LogP contribution < -0.4 is 0 Å². The molecule has 1 rings (SSSR count). The second-order valence-electron chi connectivity index (χ2n) is 3.79. The van der Waals surface area contributed by atoms with Crippen molar-refractivity contribution < 1.29 is 10.2 Å².